The van der Waals surface area contributed by atoms with Crippen LogP contribution in [0.1, 0.15) is 12.5 Å². The molecule has 0 radical (unpaired) electrons. The minimum Gasteiger partial charge on any atom is -0.461 e. The van der Waals surface area contributed by atoms with Gasteiger partial charge in [-0.1, -0.05) is 0 Å². The first-order valence-corrected chi connectivity index (χ1v) is 4.33. The van der Waals surface area contributed by atoms with Gasteiger partial charge in [0.05, 0.1) is 6.61 Å². The van der Waals surface area contributed by atoms with E-state index in [-0.39, 0.29) is 12.5 Å². The van der Waals surface area contributed by atoms with Gasteiger partial charge >= 0.3 is 5.97 Å². The Morgan fingerprint density at radius 1 is 1.46 bits per heavy atom. The number of rotatable bonds is 3. The molecule has 1 rings (SSSR count). The molecule has 0 unspecified atom stereocenters. The van der Waals surface area contributed by atoms with E-state index < -0.39 is 0 Å². The van der Waals surface area contributed by atoms with E-state index in [0.717, 1.165) is 0 Å². The van der Waals surface area contributed by atoms with E-state index in [1.54, 1.807) is 11.5 Å². The number of pyridine rings is 1. The highest BCUT2D eigenvalue weighted by Gasteiger charge is 2.08. The van der Waals surface area contributed by atoms with Crippen LogP contribution in [0.2, 0.25) is 0 Å². The molecule has 1 aromatic heterocycles. The zero-order valence-corrected chi connectivity index (χ0v) is 7.99. The number of hydrogen-bond acceptors (Lipinski definition) is 2. The first kappa shape index (κ1) is 9.71. The van der Waals surface area contributed by atoms with Crippen molar-refractivity contribution in [2.45, 2.75) is 20.4 Å². The summed E-state index contributed by atoms with van der Waals surface area (Å²) in [5.41, 5.74) is 1.18. The van der Waals surface area contributed by atoms with Gasteiger partial charge in [0.25, 0.3) is 0 Å². The smallest absolute Gasteiger partial charge is 0.372 e. The highest BCUT2D eigenvalue weighted by molar-refractivity contribution is 5.67. The fraction of sp³-hybridized carbons (Fsp3) is 0.400. The molecule has 70 valence electrons. The van der Waals surface area contributed by atoms with Crippen LogP contribution in [0.3, 0.4) is 0 Å². The number of hydrogen-bond donors (Lipinski definition) is 0. The van der Waals surface area contributed by atoms with Crippen molar-refractivity contribution in [2.75, 3.05) is 6.61 Å². The van der Waals surface area contributed by atoms with Crippen molar-refractivity contribution < 1.29 is 14.1 Å². The maximum Gasteiger partial charge on any atom is 0.372 e. The Morgan fingerprint density at radius 3 is 2.62 bits per heavy atom. The molecule has 0 saturated carbocycles. The Bertz CT molecular complexity index is 279. The Morgan fingerprint density at radius 2 is 2.08 bits per heavy atom. The molecule has 13 heavy (non-hydrogen) atoms. The normalized spacial score (nSPS) is 9.69. The minimum absolute atomic E-state index is 0.198. The predicted molar refractivity (Wildman–Crippen MR) is 48.0 cm³/mol. The monoisotopic (exact) mass is 180 g/mol. The lowest BCUT2D eigenvalue weighted by Crippen LogP contribution is -2.37. The van der Waals surface area contributed by atoms with Gasteiger partial charge in [0.2, 0.25) is 6.54 Å². The van der Waals surface area contributed by atoms with Gasteiger partial charge < -0.3 is 4.74 Å². The highest BCUT2D eigenvalue weighted by atomic mass is 16.5. The Kier molecular flexibility index (Phi) is 3.43. The number of aromatic nitrogens is 1. The zero-order chi connectivity index (χ0) is 9.68. The van der Waals surface area contributed by atoms with Crippen LogP contribution < -0.4 is 4.57 Å². The maximum atomic E-state index is 11.1. The molecule has 0 aromatic carbocycles. The second-order valence-corrected chi connectivity index (χ2v) is 2.85. The van der Waals surface area contributed by atoms with Crippen LogP contribution >= 0.6 is 0 Å². The number of carbonyl (C=O) groups excluding carboxylic acids is 1. The second kappa shape index (κ2) is 4.60. The lowest BCUT2D eigenvalue weighted by Gasteiger charge is -1.97. The zero-order valence-electron chi connectivity index (χ0n) is 7.99. The third-order valence-electron chi connectivity index (χ3n) is 1.67. The number of carbonyl (C=O) groups is 1. The van der Waals surface area contributed by atoms with Crippen LogP contribution in [-0.2, 0) is 16.1 Å². The van der Waals surface area contributed by atoms with Gasteiger partial charge in [-0.15, -0.1) is 0 Å². The summed E-state index contributed by atoms with van der Waals surface area (Å²) >= 11 is 0. The number of nitrogens with zero attached hydrogens (tertiary/aromatic N) is 1. The summed E-state index contributed by atoms with van der Waals surface area (Å²) in [5, 5.41) is 0. The molecule has 1 aromatic rings. The van der Waals surface area contributed by atoms with Crippen LogP contribution in [-0.4, -0.2) is 12.6 Å². The van der Waals surface area contributed by atoms with Gasteiger partial charge in [-0.25, -0.2) is 4.79 Å². The molecule has 0 bridgehead atoms. The number of ether oxygens (including phenoxy) is 1. The average Bonchev–Trinajstić information content (AvgIpc) is 2.09. The third kappa shape index (κ3) is 3.23. The summed E-state index contributed by atoms with van der Waals surface area (Å²) in [6, 6.07) is 3.92. The van der Waals surface area contributed by atoms with Crippen molar-refractivity contribution in [1.29, 1.82) is 0 Å². The Hall–Kier alpha value is -1.38. The highest BCUT2D eigenvalue weighted by Crippen LogP contribution is 1.89. The summed E-state index contributed by atoms with van der Waals surface area (Å²) in [5.74, 6) is -0.198. The standard InChI is InChI=1S/C10H14NO2/c1-3-13-10(12)8-11-6-4-9(2)5-7-11/h4-7H,3,8H2,1-2H3/q+1. The van der Waals surface area contributed by atoms with Crippen LogP contribution in [0.15, 0.2) is 24.5 Å². The van der Waals surface area contributed by atoms with Crippen molar-refractivity contribution >= 4 is 5.97 Å². The van der Waals surface area contributed by atoms with Crippen LogP contribution in [0, 0.1) is 6.92 Å². The summed E-state index contributed by atoms with van der Waals surface area (Å²) < 4.78 is 6.61. The van der Waals surface area contributed by atoms with Crippen LogP contribution in [0.25, 0.3) is 0 Å². The fourth-order valence-corrected chi connectivity index (χ4v) is 0.993. The van der Waals surface area contributed by atoms with Crippen molar-refractivity contribution in [3.63, 3.8) is 0 Å². The summed E-state index contributed by atoms with van der Waals surface area (Å²) in [6.07, 6.45) is 3.73. The van der Waals surface area contributed by atoms with E-state index in [1.165, 1.54) is 5.56 Å². The summed E-state index contributed by atoms with van der Waals surface area (Å²) in [4.78, 5) is 11.1. The quantitative estimate of drug-likeness (QED) is 0.510. The summed E-state index contributed by atoms with van der Waals surface area (Å²) in [7, 11) is 0. The van der Waals surface area contributed by atoms with Crippen molar-refractivity contribution in [3.05, 3.63) is 30.1 Å². The van der Waals surface area contributed by atoms with E-state index in [1.807, 2.05) is 31.5 Å². The van der Waals surface area contributed by atoms with Crippen molar-refractivity contribution in [3.8, 4) is 0 Å². The molecule has 0 aliphatic heterocycles. The topological polar surface area (TPSA) is 30.2 Å². The van der Waals surface area contributed by atoms with Gasteiger partial charge in [-0.05, 0) is 19.4 Å². The van der Waals surface area contributed by atoms with Gasteiger partial charge in [-0.3, -0.25) is 0 Å². The Balaban J connectivity index is 2.54. The molecule has 0 saturated heterocycles. The van der Waals surface area contributed by atoms with E-state index in [9.17, 15) is 4.79 Å². The molecular formula is C10H14NO2+. The SMILES string of the molecule is CCOC(=O)C[n+]1ccc(C)cc1. The van der Waals surface area contributed by atoms with Crippen LogP contribution in [0.4, 0.5) is 0 Å². The van der Waals surface area contributed by atoms with Crippen LogP contribution in [0.5, 0.6) is 0 Å². The first-order chi connectivity index (χ1) is 6.22. The van der Waals surface area contributed by atoms with Gasteiger partial charge in [0, 0.05) is 12.1 Å². The van der Waals surface area contributed by atoms with E-state index in [4.69, 9.17) is 4.74 Å². The number of esters is 1. The van der Waals surface area contributed by atoms with Crippen molar-refractivity contribution in [1.82, 2.24) is 0 Å². The van der Waals surface area contributed by atoms with E-state index >= 15 is 0 Å². The molecule has 0 N–H and O–H groups in total. The van der Waals surface area contributed by atoms with Gasteiger partial charge in [-0.2, -0.15) is 4.57 Å². The molecule has 0 atom stereocenters. The molecule has 3 heteroatoms. The average molecular weight is 180 g/mol. The fourth-order valence-electron chi connectivity index (χ4n) is 0.993. The van der Waals surface area contributed by atoms with Gasteiger partial charge in [0.15, 0.2) is 12.4 Å². The molecule has 0 fully saturated rings. The molecule has 3 nitrogen and oxygen atoms in total. The minimum atomic E-state index is -0.198. The third-order valence-corrected chi connectivity index (χ3v) is 1.67. The largest absolute Gasteiger partial charge is 0.461 e. The lowest BCUT2D eigenvalue weighted by atomic mass is 10.3. The number of aryl methyl sites for hydroxylation is 1. The molecular weight excluding hydrogens is 166 g/mol. The predicted octanol–water partition coefficient (Wildman–Crippen LogP) is 0.846. The molecule has 0 aliphatic carbocycles. The van der Waals surface area contributed by atoms with E-state index in [2.05, 4.69) is 0 Å². The summed E-state index contributed by atoms with van der Waals surface area (Å²) in [6.45, 7) is 4.53. The molecule has 0 spiro atoms. The molecule has 1 heterocycles. The first-order valence-electron chi connectivity index (χ1n) is 4.33. The lowest BCUT2D eigenvalue weighted by molar-refractivity contribution is -0.686. The molecule has 0 amide bonds. The second-order valence-electron chi connectivity index (χ2n) is 2.85. The van der Waals surface area contributed by atoms with E-state index in [0.29, 0.717) is 6.61 Å². The molecule has 0 aliphatic rings. The Labute approximate surface area is 78.0 Å². The van der Waals surface area contributed by atoms with Crippen molar-refractivity contribution in [2.24, 2.45) is 0 Å². The maximum absolute atomic E-state index is 11.1. The van der Waals surface area contributed by atoms with Gasteiger partial charge in [0.1, 0.15) is 0 Å².